The molecule has 0 bridgehead atoms. The van der Waals surface area contributed by atoms with Crippen LogP contribution in [0.5, 0.6) is 0 Å². The van der Waals surface area contributed by atoms with E-state index in [9.17, 15) is 0 Å². The van der Waals surface area contributed by atoms with Crippen LogP contribution in [0.15, 0.2) is 146 Å². The number of anilines is 4. The van der Waals surface area contributed by atoms with Gasteiger partial charge in [0, 0.05) is 44.7 Å². The molecule has 4 aromatic rings. The first-order valence-corrected chi connectivity index (χ1v) is 15.3. The molecule has 0 radical (unpaired) electrons. The van der Waals surface area contributed by atoms with Gasteiger partial charge in [0.2, 0.25) is 0 Å². The Labute approximate surface area is 263 Å². The SMILES string of the molecule is C=C/C=C(\C=C\C)N(c1cccc(C)c1)c1c(C=C)c(C=C)c(N(C2=CC(C)CC=C2)c2cccc(C)c2)c2ccccc12. The Morgan fingerprint density at radius 3 is 2.00 bits per heavy atom. The number of nitrogens with zero attached hydrogens (tertiary/aromatic N) is 2. The van der Waals surface area contributed by atoms with Crippen molar-refractivity contribution in [3.8, 4) is 0 Å². The number of rotatable bonds is 10. The van der Waals surface area contributed by atoms with Crippen molar-refractivity contribution in [3.63, 3.8) is 0 Å². The molecule has 2 nitrogen and oxygen atoms in total. The first kappa shape index (κ1) is 30.4. The Kier molecular flexibility index (Phi) is 9.31. The molecule has 1 aliphatic rings. The van der Waals surface area contributed by atoms with Gasteiger partial charge in [-0.25, -0.2) is 0 Å². The van der Waals surface area contributed by atoms with Gasteiger partial charge in [-0.1, -0.05) is 112 Å². The maximum Gasteiger partial charge on any atom is 0.0619 e. The molecular formula is C42H42N2. The summed E-state index contributed by atoms with van der Waals surface area (Å²) in [6.07, 6.45) is 20.0. The molecule has 1 unspecified atom stereocenters. The summed E-state index contributed by atoms with van der Waals surface area (Å²) in [5, 5.41) is 2.25. The van der Waals surface area contributed by atoms with E-state index in [0.717, 1.165) is 62.5 Å². The lowest BCUT2D eigenvalue weighted by Crippen LogP contribution is -2.22. The number of aryl methyl sites for hydroxylation is 2. The van der Waals surface area contributed by atoms with E-state index in [2.05, 4.69) is 160 Å². The summed E-state index contributed by atoms with van der Waals surface area (Å²) in [4.78, 5) is 4.72. The molecule has 2 heteroatoms. The zero-order valence-electron chi connectivity index (χ0n) is 26.4. The van der Waals surface area contributed by atoms with Gasteiger partial charge in [0.25, 0.3) is 0 Å². The van der Waals surface area contributed by atoms with Gasteiger partial charge in [-0.15, -0.1) is 0 Å². The first-order chi connectivity index (χ1) is 21.4. The van der Waals surface area contributed by atoms with Crippen LogP contribution < -0.4 is 9.80 Å². The van der Waals surface area contributed by atoms with Crippen molar-refractivity contribution in [2.75, 3.05) is 9.80 Å². The van der Waals surface area contributed by atoms with Crippen LogP contribution in [0, 0.1) is 19.8 Å². The zero-order valence-corrected chi connectivity index (χ0v) is 26.4. The highest BCUT2D eigenvalue weighted by molar-refractivity contribution is 6.12. The lowest BCUT2D eigenvalue weighted by Gasteiger charge is -2.35. The molecule has 5 rings (SSSR count). The van der Waals surface area contributed by atoms with Crippen LogP contribution in [0.4, 0.5) is 22.7 Å². The lowest BCUT2D eigenvalue weighted by atomic mass is 9.91. The van der Waals surface area contributed by atoms with Gasteiger partial charge >= 0.3 is 0 Å². The van der Waals surface area contributed by atoms with Crippen molar-refractivity contribution in [1.29, 1.82) is 0 Å². The summed E-state index contributed by atoms with van der Waals surface area (Å²) in [5.74, 6) is 0.433. The van der Waals surface area contributed by atoms with Crippen molar-refractivity contribution in [3.05, 3.63) is 169 Å². The molecule has 1 aliphatic carbocycles. The molecule has 0 amide bonds. The number of allylic oxidation sites excluding steroid dienone is 7. The second-order valence-electron chi connectivity index (χ2n) is 11.4. The van der Waals surface area contributed by atoms with E-state index >= 15 is 0 Å². The second-order valence-corrected chi connectivity index (χ2v) is 11.4. The highest BCUT2D eigenvalue weighted by atomic mass is 15.2. The maximum atomic E-state index is 4.39. The average molecular weight is 575 g/mol. The van der Waals surface area contributed by atoms with Crippen molar-refractivity contribution >= 4 is 45.7 Å². The molecule has 4 aromatic carbocycles. The number of hydrogen-bond acceptors (Lipinski definition) is 2. The third-order valence-electron chi connectivity index (χ3n) is 8.01. The summed E-state index contributed by atoms with van der Waals surface area (Å²) in [5.41, 5.74) is 10.9. The van der Waals surface area contributed by atoms with Crippen molar-refractivity contribution < 1.29 is 0 Å². The van der Waals surface area contributed by atoms with Crippen LogP contribution in [0.2, 0.25) is 0 Å². The predicted octanol–water partition coefficient (Wildman–Crippen LogP) is 12.1. The van der Waals surface area contributed by atoms with E-state index in [4.69, 9.17) is 0 Å². The summed E-state index contributed by atoms with van der Waals surface area (Å²) < 4.78 is 0. The van der Waals surface area contributed by atoms with Crippen LogP contribution in [0.3, 0.4) is 0 Å². The van der Waals surface area contributed by atoms with Gasteiger partial charge in [-0.3, -0.25) is 0 Å². The minimum Gasteiger partial charge on any atom is -0.310 e. The van der Waals surface area contributed by atoms with Crippen LogP contribution in [0.25, 0.3) is 22.9 Å². The van der Waals surface area contributed by atoms with E-state index < -0.39 is 0 Å². The Morgan fingerprint density at radius 2 is 1.41 bits per heavy atom. The van der Waals surface area contributed by atoms with E-state index in [1.165, 1.54) is 11.1 Å². The summed E-state index contributed by atoms with van der Waals surface area (Å²) in [7, 11) is 0. The van der Waals surface area contributed by atoms with Gasteiger partial charge in [-0.05, 0) is 86.7 Å². The highest BCUT2D eigenvalue weighted by Gasteiger charge is 2.28. The fourth-order valence-electron chi connectivity index (χ4n) is 6.15. The molecule has 44 heavy (non-hydrogen) atoms. The Bertz CT molecular complexity index is 1850. The molecule has 0 aromatic heterocycles. The monoisotopic (exact) mass is 574 g/mol. The van der Waals surface area contributed by atoms with Gasteiger partial charge < -0.3 is 9.80 Å². The molecule has 220 valence electrons. The molecule has 0 aliphatic heterocycles. The average Bonchev–Trinajstić information content (AvgIpc) is 3.02. The minimum absolute atomic E-state index is 0.433. The van der Waals surface area contributed by atoms with Crippen molar-refractivity contribution in [2.45, 2.75) is 34.1 Å². The third kappa shape index (κ3) is 5.89. The topological polar surface area (TPSA) is 6.48 Å². The third-order valence-corrected chi connectivity index (χ3v) is 8.01. The largest absolute Gasteiger partial charge is 0.310 e. The summed E-state index contributed by atoms with van der Waals surface area (Å²) in [6.45, 7) is 21.4. The number of hydrogen-bond donors (Lipinski definition) is 0. The first-order valence-electron chi connectivity index (χ1n) is 15.3. The van der Waals surface area contributed by atoms with Crippen molar-refractivity contribution in [1.82, 2.24) is 0 Å². The normalized spacial score (nSPS) is 14.9. The Morgan fingerprint density at radius 1 is 0.795 bits per heavy atom. The summed E-state index contributed by atoms with van der Waals surface area (Å²) >= 11 is 0. The second kappa shape index (κ2) is 13.5. The number of fused-ring (bicyclic) bond motifs is 1. The smallest absolute Gasteiger partial charge is 0.0619 e. The number of benzene rings is 4. The minimum atomic E-state index is 0.433. The maximum absolute atomic E-state index is 4.39. The van der Waals surface area contributed by atoms with Crippen LogP contribution in [0.1, 0.15) is 42.5 Å². The van der Waals surface area contributed by atoms with E-state index in [-0.39, 0.29) is 0 Å². The zero-order chi connectivity index (χ0) is 31.2. The summed E-state index contributed by atoms with van der Waals surface area (Å²) in [6, 6.07) is 26.1. The molecule has 0 saturated carbocycles. The molecule has 0 saturated heterocycles. The van der Waals surface area contributed by atoms with Crippen LogP contribution in [-0.4, -0.2) is 0 Å². The van der Waals surface area contributed by atoms with Crippen LogP contribution in [-0.2, 0) is 0 Å². The fourth-order valence-corrected chi connectivity index (χ4v) is 6.15. The lowest BCUT2D eigenvalue weighted by molar-refractivity contribution is 0.726. The molecule has 0 N–H and O–H groups in total. The van der Waals surface area contributed by atoms with Gasteiger partial charge in [0.15, 0.2) is 0 Å². The van der Waals surface area contributed by atoms with Gasteiger partial charge in [-0.2, -0.15) is 0 Å². The van der Waals surface area contributed by atoms with Gasteiger partial charge in [0.05, 0.1) is 11.4 Å². The molecule has 0 spiro atoms. The van der Waals surface area contributed by atoms with E-state index in [1.807, 2.05) is 25.2 Å². The highest BCUT2D eigenvalue weighted by Crippen LogP contribution is 2.49. The predicted molar refractivity (Wildman–Crippen MR) is 195 cm³/mol. The molecule has 0 fully saturated rings. The Balaban J connectivity index is 1.96. The standard InChI is InChI=1S/C42H42N2/c1-8-17-33(18-9-2)43(34-22-14-19-30(5)27-34)41-37(10-3)38(11-4)42(40-26-13-12-25-39(40)41)44(35-23-15-20-31(6)28-35)36-24-16-21-32(7)29-36/h8-20,22-29,32H,1,3-4,21H2,2,5-7H3/b18-9+,33-17+. The fraction of sp³-hybridized carbons (Fsp3) is 0.143. The molecule has 0 heterocycles. The van der Waals surface area contributed by atoms with Crippen molar-refractivity contribution in [2.24, 2.45) is 5.92 Å². The molecular weight excluding hydrogens is 532 g/mol. The molecule has 1 atom stereocenters. The van der Waals surface area contributed by atoms with Gasteiger partial charge in [0.1, 0.15) is 0 Å². The van der Waals surface area contributed by atoms with Crippen LogP contribution >= 0.6 is 0 Å². The quantitative estimate of drug-likeness (QED) is 0.174. The van der Waals surface area contributed by atoms with E-state index in [0.29, 0.717) is 5.92 Å². The van der Waals surface area contributed by atoms with E-state index in [1.54, 1.807) is 0 Å². The Hall–Kier alpha value is -5.08.